The number of hydrogen-bond donors (Lipinski definition) is 1. The van der Waals surface area contributed by atoms with Crippen molar-refractivity contribution in [3.63, 3.8) is 0 Å². The molecule has 1 amide bonds. The number of methoxy groups -OCH3 is 2. The third-order valence-electron chi connectivity index (χ3n) is 9.56. The Hall–Kier alpha value is -5.15. The predicted octanol–water partition coefficient (Wildman–Crippen LogP) is 6.80. The molecule has 15 heteroatoms. The monoisotopic (exact) mass is 825 g/mol. The first-order valence-electron chi connectivity index (χ1n) is 19.3. The summed E-state index contributed by atoms with van der Waals surface area (Å²) in [7, 11) is 1.37. The predicted molar refractivity (Wildman–Crippen MR) is 224 cm³/mol. The minimum Gasteiger partial charge on any atom is -0.497 e. The maximum absolute atomic E-state index is 13.7. The maximum atomic E-state index is 13.7. The molecule has 4 aromatic rings. The standard InChI is InChI=1S/C44H52N5O9P/c1-9-27-54-41-40(58-59(56-28-13-25-45)49(30(2)3)31(4)5)38(57-42(41)48-26-24-39(46-32(6)50)47-43(48)51)29-55-44(33-14-11-10-12-15-33,34-16-20-36(52-7)21-17-34)35-18-22-37(53-8)23-19-35/h1,10-12,14-24,26,30-31,38,40-42H,13,27-29H2,2-8H3,(H,46,47,50,51)/t38-,40-,41-,42-,59?/m1/s1. The Balaban J connectivity index is 1.68. The first-order chi connectivity index (χ1) is 28.5. The third kappa shape index (κ3) is 10.7. The van der Waals surface area contributed by atoms with Crippen molar-refractivity contribution in [2.75, 3.05) is 39.4 Å². The number of rotatable bonds is 20. The van der Waals surface area contributed by atoms with Crippen molar-refractivity contribution in [3.8, 4) is 29.9 Å². The van der Waals surface area contributed by atoms with Crippen LogP contribution in [0.2, 0.25) is 0 Å². The summed E-state index contributed by atoms with van der Waals surface area (Å²) in [6.45, 7) is 9.35. The summed E-state index contributed by atoms with van der Waals surface area (Å²) in [5, 5.41) is 12.0. The second-order valence-electron chi connectivity index (χ2n) is 14.2. The number of nitrogens with zero attached hydrogens (tertiary/aromatic N) is 4. The number of ether oxygens (including phenoxy) is 5. The van der Waals surface area contributed by atoms with Gasteiger partial charge in [-0.05, 0) is 74.7 Å². The lowest BCUT2D eigenvalue weighted by Gasteiger charge is -2.39. The van der Waals surface area contributed by atoms with Crippen molar-refractivity contribution in [1.82, 2.24) is 14.2 Å². The number of aromatic nitrogens is 2. The summed E-state index contributed by atoms with van der Waals surface area (Å²) in [5.41, 5.74) is 0.483. The molecule has 1 aliphatic heterocycles. The Morgan fingerprint density at radius 1 is 0.949 bits per heavy atom. The van der Waals surface area contributed by atoms with Crippen LogP contribution in [0.15, 0.2) is 95.9 Å². The van der Waals surface area contributed by atoms with E-state index in [1.54, 1.807) is 14.2 Å². The van der Waals surface area contributed by atoms with E-state index >= 15 is 0 Å². The van der Waals surface area contributed by atoms with Gasteiger partial charge in [0.05, 0.1) is 39.9 Å². The summed E-state index contributed by atoms with van der Waals surface area (Å²) >= 11 is 0. The highest BCUT2D eigenvalue weighted by Gasteiger charge is 2.51. The van der Waals surface area contributed by atoms with Crippen LogP contribution >= 0.6 is 8.53 Å². The summed E-state index contributed by atoms with van der Waals surface area (Å²) in [5.74, 6) is 3.57. The van der Waals surface area contributed by atoms with Gasteiger partial charge in [-0.1, -0.05) is 60.5 Å². The minimum absolute atomic E-state index is 0.0230. The van der Waals surface area contributed by atoms with Crippen LogP contribution in [0.1, 0.15) is 64.0 Å². The number of amides is 1. The van der Waals surface area contributed by atoms with Gasteiger partial charge in [-0.15, -0.1) is 6.42 Å². The van der Waals surface area contributed by atoms with Gasteiger partial charge in [-0.25, -0.2) is 9.46 Å². The smallest absolute Gasteiger partial charge is 0.351 e. The zero-order valence-electron chi connectivity index (χ0n) is 34.4. The van der Waals surface area contributed by atoms with Crippen LogP contribution in [0.25, 0.3) is 0 Å². The number of hydrogen-bond acceptors (Lipinski definition) is 12. The molecule has 1 N–H and O–H groups in total. The molecular formula is C44H52N5O9P. The largest absolute Gasteiger partial charge is 0.497 e. The summed E-state index contributed by atoms with van der Waals surface area (Å²) in [6.07, 6.45) is 3.43. The molecule has 1 aliphatic rings. The molecule has 3 aromatic carbocycles. The van der Waals surface area contributed by atoms with E-state index in [0.29, 0.717) is 11.5 Å². The van der Waals surface area contributed by atoms with Gasteiger partial charge in [0, 0.05) is 25.2 Å². The molecule has 0 saturated carbocycles. The topological polar surface area (TPSA) is 156 Å². The molecule has 1 unspecified atom stereocenters. The van der Waals surface area contributed by atoms with E-state index in [1.165, 1.54) is 23.8 Å². The van der Waals surface area contributed by atoms with Gasteiger partial charge < -0.3 is 38.0 Å². The fourth-order valence-electron chi connectivity index (χ4n) is 7.05. The Morgan fingerprint density at radius 3 is 2.05 bits per heavy atom. The van der Waals surface area contributed by atoms with Gasteiger partial charge in [0.15, 0.2) is 6.23 Å². The van der Waals surface area contributed by atoms with Gasteiger partial charge >= 0.3 is 5.69 Å². The van der Waals surface area contributed by atoms with E-state index < -0.39 is 44.4 Å². The van der Waals surface area contributed by atoms with Gasteiger partial charge in [-0.2, -0.15) is 10.2 Å². The highest BCUT2D eigenvalue weighted by Crippen LogP contribution is 2.51. The lowest BCUT2D eigenvalue weighted by Crippen LogP contribution is -2.43. The van der Waals surface area contributed by atoms with Crippen molar-refractivity contribution in [2.45, 2.75) is 83.3 Å². The van der Waals surface area contributed by atoms with E-state index in [0.717, 1.165) is 16.7 Å². The normalized spacial score (nSPS) is 18.4. The molecule has 5 atom stereocenters. The van der Waals surface area contributed by atoms with Crippen LogP contribution in [0.3, 0.4) is 0 Å². The van der Waals surface area contributed by atoms with Crippen molar-refractivity contribution < 1.29 is 37.5 Å². The SMILES string of the molecule is C#CCO[C@@H]1[C@H](OP(OCCC#N)N(C(C)C)C(C)C)[C@@H](COC(c2ccccc2)(c2ccc(OC)cc2)c2ccc(OC)cc2)O[C@H]1n1ccc(NC(C)=O)nc1=O. The second-order valence-corrected chi connectivity index (χ2v) is 15.6. The van der Waals surface area contributed by atoms with Crippen LogP contribution < -0.4 is 20.5 Å². The van der Waals surface area contributed by atoms with Crippen LogP contribution in [-0.4, -0.2) is 84.6 Å². The Kier molecular flexibility index (Phi) is 16.2. The van der Waals surface area contributed by atoms with Crippen LogP contribution in [-0.2, 0) is 33.7 Å². The van der Waals surface area contributed by atoms with Crippen LogP contribution in [0.5, 0.6) is 11.5 Å². The van der Waals surface area contributed by atoms with Gasteiger partial charge in [0.2, 0.25) is 5.91 Å². The van der Waals surface area contributed by atoms with Crippen LogP contribution in [0, 0.1) is 23.7 Å². The molecule has 0 bridgehead atoms. The summed E-state index contributed by atoms with van der Waals surface area (Å²) in [4.78, 5) is 29.6. The number of carbonyl (C=O) groups is 1. The molecule has 1 aromatic heterocycles. The Bertz CT molecular complexity index is 2050. The van der Waals surface area contributed by atoms with Crippen molar-refractivity contribution in [3.05, 3.63) is 118 Å². The fraction of sp³-hybridized carbons (Fsp3) is 0.409. The van der Waals surface area contributed by atoms with E-state index in [-0.39, 0.29) is 50.1 Å². The highest BCUT2D eigenvalue weighted by molar-refractivity contribution is 7.44. The van der Waals surface area contributed by atoms with Crippen molar-refractivity contribution in [2.24, 2.45) is 0 Å². The molecule has 5 rings (SSSR count). The maximum Gasteiger partial charge on any atom is 0.351 e. The second kappa shape index (κ2) is 21.2. The van der Waals surface area contributed by atoms with E-state index in [1.807, 2.05) is 107 Å². The lowest BCUT2D eigenvalue weighted by atomic mass is 9.80. The molecule has 0 radical (unpaired) electrons. The number of anilines is 1. The molecule has 1 fully saturated rings. The third-order valence-corrected chi connectivity index (χ3v) is 11.7. The highest BCUT2D eigenvalue weighted by atomic mass is 31.2. The number of nitrogens with one attached hydrogen (secondary N) is 1. The number of nitriles is 1. The first kappa shape index (κ1) is 44.9. The quantitative estimate of drug-likeness (QED) is 0.0431. The van der Waals surface area contributed by atoms with E-state index in [4.69, 9.17) is 39.2 Å². The van der Waals surface area contributed by atoms with Gasteiger partial charge in [-0.3, -0.25) is 9.36 Å². The molecule has 1 saturated heterocycles. The molecule has 0 spiro atoms. The fourth-order valence-corrected chi connectivity index (χ4v) is 8.82. The molecule has 2 heterocycles. The zero-order valence-corrected chi connectivity index (χ0v) is 35.3. The van der Waals surface area contributed by atoms with Crippen molar-refractivity contribution >= 4 is 20.3 Å². The number of benzene rings is 3. The average Bonchev–Trinajstić information content (AvgIpc) is 3.56. The van der Waals surface area contributed by atoms with E-state index in [9.17, 15) is 14.9 Å². The Morgan fingerprint density at radius 2 is 1.54 bits per heavy atom. The van der Waals surface area contributed by atoms with Gasteiger partial charge in [0.25, 0.3) is 8.53 Å². The first-order valence-corrected chi connectivity index (χ1v) is 20.4. The summed E-state index contributed by atoms with van der Waals surface area (Å²) in [6, 6.07) is 28.7. The molecule has 312 valence electrons. The lowest BCUT2D eigenvalue weighted by molar-refractivity contribution is -0.114. The molecule has 0 aliphatic carbocycles. The average molecular weight is 826 g/mol. The molecular weight excluding hydrogens is 773 g/mol. The number of carbonyl (C=O) groups excluding carboxylic acids is 1. The molecule has 14 nitrogen and oxygen atoms in total. The van der Waals surface area contributed by atoms with Crippen LogP contribution in [0.4, 0.5) is 5.82 Å². The molecule has 59 heavy (non-hydrogen) atoms. The minimum atomic E-state index is -1.85. The zero-order chi connectivity index (χ0) is 42.5. The number of terminal acetylenes is 1. The summed E-state index contributed by atoms with van der Waals surface area (Å²) < 4.78 is 48.2. The Labute approximate surface area is 347 Å². The van der Waals surface area contributed by atoms with E-state index in [2.05, 4.69) is 27.0 Å². The van der Waals surface area contributed by atoms with Crippen molar-refractivity contribution in [1.29, 1.82) is 5.26 Å². The van der Waals surface area contributed by atoms with Gasteiger partial charge in [0.1, 0.15) is 47.8 Å².